The van der Waals surface area contributed by atoms with E-state index in [4.69, 9.17) is 9.47 Å². The Bertz CT molecular complexity index is 753. The molecule has 0 atom stereocenters. The minimum Gasteiger partial charge on any atom is -0.493 e. The first-order chi connectivity index (χ1) is 13.2. The fourth-order valence-electron chi connectivity index (χ4n) is 3.51. The molecular formula is C22H28N2O3. The van der Waals surface area contributed by atoms with Gasteiger partial charge in [0.2, 0.25) is 5.91 Å². The number of rotatable bonds is 7. The Morgan fingerprint density at radius 1 is 0.926 bits per heavy atom. The predicted octanol–water partition coefficient (Wildman–Crippen LogP) is 4.63. The molecule has 5 nitrogen and oxygen atoms in total. The molecule has 0 radical (unpaired) electrons. The van der Waals surface area contributed by atoms with Crippen LogP contribution in [0.15, 0.2) is 42.5 Å². The Hall–Kier alpha value is -2.69. The molecule has 0 aliphatic heterocycles. The van der Waals surface area contributed by atoms with Crippen molar-refractivity contribution in [1.82, 2.24) is 0 Å². The van der Waals surface area contributed by atoms with Gasteiger partial charge in [-0.1, -0.05) is 25.3 Å². The van der Waals surface area contributed by atoms with Gasteiger partial charge in [0.05, 0.1) is 20.6 Å². The van der Waals surface area contributed by atoms with Crippen LogP contribution in [0.2, 0.25) is 0 Å². The number of hydrogen-bond donors (Lipinski definition) is 2. The van der Waals surface area contributed by atoms with Gasteiger partial charge in [-0.05, 0) is 54.8 Å². The van der Waals surface area contributed by atoms with E-state index in [1.807, 2.05) is 42.5 Å². The molecule has 2 aromatic rings. The summed E-state index contributed by atoms with van der Waals surface area (Å²) >= 11 is 0. The summed E-state index contributed by atoms with van der Waals surface area (Å²) in [5.74, 6) is 1.22. The standard InChI is InChI=1S/C22H28N2O3/c1-26-20-13-8-16(14-21(20)27-2)15-22(25)24-19-11-9-18(10-12-19)23-17-6-4-3-5-7-17/h8-14,17,23H,3-7,15H2,1-2H3,(H,24,25). The first-order valence-electron chi connectivity index (χ1n) is 9.55. The molecule has 0 heterocycles. The van der Waals surface area contributed by atoms with E-state index in [0.29, 0.717) is 17.5 Å². The predicted molar refractivity (Wildman–Crippen MR) is 109 cm³/mol. The molecule has 0 unspecified atom stereocenters. The van der Waals surface area contributed by atoms with Gasteiger partial charge in [-0.3, -0.25) is 4.79 Å². The average molecular weight is 368 g/mol. The number of nitrogens with one attached hydrogen (secondary N) is 2. The molecule has 5 heteroatoms. The number of carbonyl (C=O) groups is 1. The molecule has 2 aromatic carbocycles. The second-order valence-electron chi connectivity index (χ2n) is 6.97. The zero-order valence-electron chi connectivity index (χ0n) is 16.1. The van der Waals surface area contributed by atoms with Gasteiger partial charge in [-0.2, -0.15) is 0 Å². The van der Waals surface area contributed by atoms with E-state index in [1.165, 1.54) is 32.1 Å². The number of methoxy groups -OCH3 is 2. The highest BCUT2D eigenvalue weighted by atomic mass is 16.5. The van der Waals surface area contributed by atoms with Crippen molar-refractivity contribution in [2.75, 3.05) is 24.9 Å². The van der Waals surface area contributed by atoms with E-state index >= 15 is 0 Å². The molecule has 1 amide bonds. The topological polar surface area (TPSA) is 59.6 Å². The van der Waals surface area contributed by atoms with E-state index in [1.54, 1.807) is 14.2 Å². The smallest absolute Gasteiger partial charge is 0.228 e. The molecule has 1 saturated carbocycles. The van der Waals surface area contributed by atoms with Crippen LogP contribution in [0, 0.1) is 0 Å². The number of carbonyl (C=O) groups excluding carboxylic acids is 1. The summed E-state index contributed by atoms with van der Waals surface area (Å²) in [6, 6.07) is 14.0. The van der Waals surface area contributed by atoms with E-state index in [2.05, 4.69) is 10.6 Å². The summed E-state index contributed by atoms with van der Waals surface area (Å²) in [6.45, 7) is 0. The second-order valence-corrected chi connectivity index (χ2v) is 6.97. The van der Waals surface area contributed by atoms with Crippen LogP contribution in [0.1, 0.15) is 37.7 Å². The number of hydrogen-bond acceptors (Lipinski definition) is 4. The van der Waals surface area contributed by atoms with E-state index in [0.717, 1.165) is 16.9 Å². The molecule has 1 aliphatic rings. The summed E-state index contributed by atoms with van der Waals surface area (Å²) in [7, 11) is 3.18. The van der Waals surface area contributed by atoms with Crippen LogP contribution < -0.4 is 20.1 Å². The average Bonchev–Trinajstić information content (AvgIpc) is 2.70. The monoisotopic (exact) mass is 368 g/mol. The Labute approximate surface area is 161 Å². The van der Waals surface area contributed by atoms with Gasteiger partial charge in [0, 0.05) is 17.4 Å². The number of amides is 1. The van der Waals surface area contributed by atoms with Crippen LogP contribution in [0.5, 0.6) is 11.5 Å². The normalized spacial score (nSPS) is 14.4. The summed E-state index contributed by atoms with van der Waals surface area (Å²) in [4.78, 5) is 12.3. The molecule has 0 aromatic heterocycles. The molecule has 3 rings (SSSR count). The van der Waals surface area contributed by atoms with Crippen LogP contribution in [0.25, 0.3) is 0 Å². The quantitative estimate of drug-likeness (QED) is 0.748. The lowest BCUT2D eigenvalue weighted by Gasteiger charge is -2.23. The third-order valence-electron chi connectivity index (χ3n) is 4.96. The highest BCUT2D eigenvalue weighted by Crippen LogP contribution is 2.28. The summed E-state index contributed by atoms with van der Waals surface area (Å²) in [6.07, 6.45) is 6.73. The summed E-state index contributed by atoms with van der Waals surface area (Å²) in [5.41, 5.74) is 2.79. The SMILES string of the molecule is COc1ccc(CC(=O)Nc2ccc(NC3CCCCC3)cc2)cc1OC. The van der Waals surface area contributed by atoms with Gasteiger partial charge < -0.3 is 20.1 Å². The zero-order chi connectivity index (χ0) is 19.1. The van der Waals surface area contributed by atoms with Gasteiger partial charge >= 0.3 is 0 Å². The number of anilines is 2. The van der Waals surface area contributed by atoms with Crippen molar-refractivity contribution in [2.24, 2.45) is 0 Å². The minimum atomic E-state index is -0.0600. The van der Waals surface area contributed by atoms with Gasteiger partial charge in [-0.25, -0.2) is 0 Å². The van der Waals surface area contributed by atoms with Crippen molar-refractivity contribution in [3.8, 4) is 11.5 Å². The van der Waals surface area contributed by atoms with Crippen LogP contribution in [0.4, 0.5) is 11.4 Å². The summed E-state index contributed by atoms with van der Waals surface area (Å²) in [5, 5.41) is 6.53. The number of ether oxygens (including phenoxy) is 2. The Kier molecular flexibility index (Phi) is 6.58. The highest BCUT2D eigenvalue weighted by Gasteiger charge is 2.13. The Morgan fingerprint density at radius 3 is 2.26 bits per heavy atom. The minimum absolute atomic E-state index is 0.0600. The maximum Gasteiger partial charge on any atom is 0.228 e. The van der Waals surface area contributed by atoms with Crippen molar-refractivity contribution in [1.29, 1.82) is 0 Å². The van der Waals surface area contributed by atoms with E-state index in [9.17, 15) is 4.79 Å². The highest BCUT2D eigenvalue weighted by molar-refractivity contribution is 5.92. The molecule has 1 fully saturated rings. The van der Waals surface area contributed by atoms with Crippen molar-refractivity contribution in [3.05, 3.63) is 48.0 Å². The van der Waals surface area contributed by atoms with Gasteiger partial charge in [-0.15, -0.1) is 0 Å². The fraction of sp³-hybridized carbons (Fsp3) is 0.409. The largest absolute Gasteiger partial charge is 0.493 e. The van der Waals surface area contributed by atoms with E-state index in [-0.39, 0.29) is 12.3 Å². The second kappa shape index (κ2) is 9.31. The molecule has 0 spiro atoms. The summed E-state index contributed by atoms with van der Waals surface area (Å²) < 4.78 is 10.5. The van der Waals surface area contributed by atoms with Crippen LogP contribution >= 0.6 is 0 Å². The molecule has 0 bridgehead atoms. The van der Waals surface area contributed by atoms with E-state index < -0.39 is 0 Å². The van der Waals surface area contributed by atoms with Crippen molar-refractivity contribution in [3.63, 3.8) is 0 Å². The van der Waals surface area contributed by atoms with Gasteiger partial charge in [0.1, 0.15) is 0 Å². The molecule has 1 aliphatic carbocycles. The van der Waals surface area contributed by atoms with Crippen molar-refractivity contribution < 1.29 is 14.3 Å². The lowest BCUT2D eigenvalue weighted by molar-refractivity contribution is -0.115. The maximum absolute atomic E-state index is 12.3. The van der Waals surface area contributed by atoms with Crippen molar-refractivity contribution >= 4 is 17.3 Å². The fourth-order valence-corrected chi connectivity index (χ4v) is 3.51. The lowest BCUT2D eigenvalue weighted by Crippen LogP contribution is -2.22. The first-order valence-corrected chi connectivity index (χ1v) is 9.55. The van der Waals surface area contributed by atoms with Gasteiger partial charge in [0.25, 0.3) is 0 Å². The maximum atomic E-state index is 12.3. The number of benzene rings is 2. The Morgan fingerprint density at radius 2 is 1.59 bits per heavy atom. The van der Waals surface area contributed by atoms with Crippen LogP contribution in [-0.2, 0) is 11.2 Å². The molecule has 144 valence electrons. The van der Waals surface area contributed by atoms with Gasteiger partial charge in [0.15, 0.2) is 11.5 Å². The zero-order valence-corrected chi connectivity index (χ0v) is 16.1. The van der Waals surface area contributed by atoms with Crippen molar-refractivity contribution in [2.45, 2.75) is 44.6 Å². The van der Waals surface area contributed by atoms with Crippen LogP contribution in [0.3, 0.4) is 0 Å². The third-order valence-corrected chi connectivity index (χ3v) is 4.96. The molecular weight excluding hydrogens is 340 g/mol. The lowest BCUT2D eigenvalue weighted by atomic mass is 9.95. The molecule has 0 saturated heterocycles. The Balaban J connectivity index is 1.54. The molecule has 2 N–H and O–H groups in total. The third kappa shape index (κ3) is 5.39. The van der Waals surface area contributed by atoms with Crippen LogP contribution in [-0.4, -0.2) is 26.2 Å². The molecule has 27 heavy (non-hydrogen) atoms. The first kappa shape index (κ1) is 19.1.